The number of nitro groups is 1. The third-order valence-electron chi connectivity index (χ3n) is 3.73. The van der Waals surface area contributed by atoms with E-state index in [0.29, 0.717) is 6.07 Å². The number of aliphatic hydroxyl groups excluding tert-OH is 1. The van der Waals surface area contributed by atoms with Crippen molar-refractivity contribution in [1.82, 2.24) is 0 Å². The van der Waals surface area contributed by atoms with Crippen molar-refractivity contribution in [2.45, 2.75) is 32.8 Å². The Kier molecular flexibility index (Phi) is 6.03. The van der Waals surface area contributed by atoms with E-state index in [4.69, 9.17) is 10.5 Å². The van der Waals surface area contributed by atoms with E-state index in [9.17, 15) is 29.2 Å². The van der Waals surface area contributed by atoms with Gasteiger partial charge in [-0.3, -0.25) is 14.9 Å². The fourth-order valence-electron chi connectivity index (χ4n) is 2.35. The Morgan fingerprint density at radius 3 is 2.40 bits per heavy atom. The second-order valence-corrected chi connectivity index (χ2v) is 6.35. The number of anilines is 1. The zero-order valence-corrected chi connectivity index (χ0v) is 14.0. The van der Waals surface area contributed by atoms with Crippen LogP contribution in [0.5, 0.6) is 0 Å². The Hall–Kier alpha value is -2.75. The van der Waals surface area contributed by atoms with Gasteiger partial charge >= 0.3 is 6.09 Å². The predicted octanol–water partition coefficient (Wildman–Crippen LogP) is 1.94. The second kappa shape index (κ2) is 7.43. The summed E-state index contributed by atoms with van der Waals surface area (Å²) < 4.78 is 19.0. The normalized spacial score (nSPS) is 13.6. The number of hydrogen-bond donors (Lipinski definition) is 3. The summed E-state index contributed by atoms with van der Waals surface area (Å²) in [5, 5.41) is 22.2. The number of amides is 2. The average molecular weight is 357 g/mol. The number of hydrogen-bond acceptors (Lipinski definition) is 6. The number of benzene rings is 1. The van der Waals surface area contributed by atoms with Gasteiger partial charge in [-0.2, -0.15) is 0 Å². The van der Waals surface area contributed by atoms with E-state index in [1.807, 2.05) is 0 Å². The zero-order chi connectivity index (χ0) is 19.4. The number of non-ortho nitro benzene ring substituents is 1. The molecule has 9 nitrogen and oxygen atoms in total. The molecule has 1 aromatic carbocycles. The van der Waals surface area contributed by atoms with Crippen LogP contribution in [-0.2, 0) is 9.53 Å². The van der Waals surface area contributed by atoms with Gasteiger partial charge in [0.05, 0.1) is 16.7 Å². The predicted molar refractivity (Wildman–Crippen MR) is 86.2 cm³/mol. The van der Waals surface area contributed by atoms with Crippen molar-refractivity contribution in [3.8, 4) is 0 Å². The molecule has 25 heavy (non-hydrogen) atoms. The molecule has 0 fully saturated rings. The third kappa shape index (κ3) is 4.41. The topological polar surface area (TPSA) is 145 Å². The maximum Gasteiger partial charge on any atom is 0.405 e. The van der Waals surface area contributed by atoms with E-state index in [-0.39, 0.29) is 12.1 Å². The molecule has 0 aromatic heterocycles. The van der Waals surface area contributed by atoms with Crippen molar-refractivity contribution >= 4 is 23.4 Å². The molecule has 0 heterocycles. The lowest BCUT2D eigenvalue weighted by molar-refractivity contribution is -0.385. The van der Waals surface area contributed by atoms with Crippen molar-refractivity contribution in [3.05, 3.63) is 34.1 Å². The number of halogens is 1. The van der Waals surface area contributed by atoms with Gasteiger partial charge in [0.25, 0.3) is 11.6 Å². The molecule has 0 spiro atoms. The third-order valence-corrected chi connectivity index (χ3v) is 3.73. The van der Waals surface area contributed by atoms with Crippen molar-refractivity contribution < 1.29 is 28.7 Å². The van der Waals surface area contributed by atoms with Gasteiger partial charge in [-0.05, 0) is 6.07 Å². The summed E-state index contributed by atoms with van der Waals surface area (Å²) >= 11 is 0. The smallest absolute Gasteiger partial charge is 0.405 e. The highest BCUT2D eigenvalue weighted by atomic mass is 19.1. The minimum absolute atomic E-state index is 0.278. The van der Waals surface area contributed by atoms with Crippen LogP contribution in [0.4, 0.5) is 20.6 Å². The van der Waals surface area contributed by atoms with Crippen LogP contribution >= 0.6 is 0 Å². The Morgan fingerprint density at radius 1 is 1.40 bits per heavy atom. The number of primary amides is 1. The lowest BCUT2D eigenvalue weighted by Gasteiger charge is -2.41. The van der Waals surface area contributed by atoms with Crippen LogP contribution in [0.2, 0.25) is 0 Å². The van der Waals surface area contributed by atoms with E-state index < -0.39 is 46.1 Å². The molecule has 0 radical (unpaired) electrons. The molecule has 0 aliphatic heterocycles. The summed E-state index contributed by atoms with van der Waals surface area (Å²) in [6, 6.07) is 2.68. The minimum atomic E-state index is -1.87. The summed E-state index contributed by atoms with van der Waals surface area (Å²) in [7, 11) is 0. The summed E-state index contributed by atoms with van der Waals surface area (Å²) in [5.41, 5.74) is 1.36. The number of rotatable bonds is 6. The van der Waals surface area contributed by atoms with Crippen LogP contribution < -0.4 is 11.1 Å². The highest BCUT2D eigenvalue weighted by molar-refractivity contribution is 5.99. The van der Waals surface area contributed by atoms with Gasteiger partial charge in [0.2, 0.25) is 0 Å². The lowest BCUT2D eigenvalue weighted by Crippen LogP contribution is -2.57. The number of nitrogens with two attached hydrogens (primary N) is 1. The molecular formula is C15H20FN3O6. The molecule has 1 rings (SSSR count). The minimum Gasteiger partial charge on any atom is -0.432 e. The van der Waals surface area contributed by atoms with Crippen molar-refractivity contribution in [1.29, 1.82) is 0 Å². The van der Waals surface area contributed by atoms with Crippen LogP contribution in [0.25, 0.3) is 0 Å². The first-order valence-corrected chi connectivity index (χ1v) is 7.29. The average Bonchev–Trinajstić information content (AvgIpc) is 2.46. The number of carbonyl (C=O) groups is 2. The molecule has 138 valence electrons. The van der Waals surface area contributed by atoms with Crippen molar-refractivity contribution in [2.75, 3.05) is 11.9 Å². The van der Waals surface area contributed by atoms with Gasteiger partial charge < -0.3 is 20.9 Å². The Morgan fingerprint density at radius 2 is 2.00 bits per heavy atom. The van der Waals surface area contributed by atoms with Crippen LogP contribution in [0.15, 0.2) is 18.2 Å². The molecule has 2 amide bonds. The summed E-state index contributed by atoms with van der Waals surface area (Å²) in [5.74, 6) is -1.95. The number of ether oxygens (including phenoxy) is 1. The van der Waals surface area contributed by atoms with Crippen molar-refractivity contribution in [3.63, 3.8) is 0 Å². The van der Waals surface area contributed by atoms with E-state index in [1.165, 1.54) is 0 Å². The number of carbonyl (C=O) groups excluding carboxylic acids is 2. The highest BCUT2D eigenvalue weighted by Crippen LogP contribution is 2.38. The van der Waals surface area contributed by atoms with Gasteiger partial charge in [0.1, 0.15) is 0 Å². The molecule has 0 saturated heterocycles. The number of aliphatic hydroxyl groups is 1. The Bertz CT molecular complexity index is 688. The first-order chi connectivity index (χ1) is 11.4. The van der Waals surface area contributed by atoms with Crippen LogP contribution in [0, 0.1) is 21.3 Å². The van der Waals surface area contributed by atoms with E-state index in [2.05, 4.69) is 5.32 Å². The second-order valence-electron chi connectivity index (χ2n) is 6.35. The number of nitro benzene ring substituents is 1. The molecular weight excluding hydrogens is 337 g/mol. The largest absolute Gasteiger partial charge is 0.432 e. The van der Waals surface area contributed by atoms with Gasteiger partial charge in [-0.25, -0.2) is 9.18 Å². The molecule has 4 N–H and O–H groups in total. The standard InChI is InChI=1S/C15H20FN3O6/c1-14(2,3)15(6-7-20,25-13(17)22)12(21)18-11-5-4-9(19(23)24)8-10(11)16/h4-5,8,20H,6-7H2,1-3H3,(H2,17,22)(H,18,21). The van der Waals surface area contributed by atoms with Gasteiger partial charge in [0.15, 0.2) is 11.4 Å². The summed E-state index contributed by atoms with van der Waals surface area (Å²) in [4.78, 5) is 33.8. The monoisotopic (exact) mass is 357 g/mol. The molecule has 0 aliphatic rings. The number of nitrogens with one attached hydrogen (secondary N) is 1. The quantitative estimate of drug-likeness (QED) is 0.524. The van der Waals surface area contributed by atoms with Gasteiger partial charge in [-0.1, -0.05) is 20.8 Å². The van der Waals surface area contributed by atoms with Gasteiger partial charge in [0, 0.05) is 24.5 Å². The molecule has 1 atom stereocenters. The maximum atomic E-state index is 14.0. The van der Waals surface area contributed by atoms with Crippen LogP contribution in [-0.4, -0.2) is 34.2 Å². The fraction of sp³-hybridized carbons (Fsp3) is 0.467. The Labute approximate surface area is 143 Å². The molecule has 10 heteroatoms. The summed E-state index contributed by atoms with van der Waals surface area (Å²) in [6.45, 7) is 4.24. The fourth-order valence-corrected chi connectivity index (χ4v) is 2.35. The molecule has 0 aliphatic carbocycles. The lowest BCUT2D eigenvalue weighted by atomic mass is 9.73. The maximum absolute atomic E-state index is 14.0. The molecule has 0 saturated carbocycles. The zero-order valence-electron chi connectivity index (χ0n) is 14.0. The highest BCUT2D eigenvalue weighted by Gasteiger charge is 2.51. The van der Waals surface area contributed by atoms with Crippen LogP contribution in [0.3, 0.4) is 0 Å². The van der Waals surface area contributed by atoms with E-state index in [1.54, 1.807) is 20.8 Å². The van der Waals surface area contributed by atoms with E-state index in [0.717, 1.165) is 12.1 Å². The Balaban J connectivity index is 3.26. The molecule has 1 unspecified atom stereocenters. The molecule has 0 bridgehead atoms. The first-order valence-electron chi connectivity index (χ1n) is 7.29. The van der Waals surface area contributed by atoms with E-state index >= 15 is 0 Å². The van der Waals surface area contributed by atoms with Gasteiger partial charge in [-0.15, -0.1) is 0 Å². The van der Waals surface area contributed by atoms with Crippen LogP contribution in [0.1, 0.15) is 27.2 Å². The number of nitrogens with zero attached hydrogens (tertiary/aromatic N) is 1. The summed E-state index contributed by atoms with van der Waals surface area (Å²) in [6.07, 6.45) is -1.51. The van der Waals surface area contributed by atoms with Crippen molar-refractivity contribution in [2.24, 2.45) is 11.1 Å². The SMILES string of the molecule is CC(C)(C)C(CCO)(OC(N)=O)C(=O)Nc1ccc([N+](=O)[O-])cc1F. The first kappa shape index (κ1) is 20.3. The molecule has 1 aromatic rings.